The van der Waals surface area contributed by atoms with Crippen molar-refractivity contribution in [1.29, 1.82) is 0 Å². The summed E-state index contributed by atoms with van der Waals surface area (Å²) < 4.78 is 0. The molecule has 5 nitrogen and oxygen atoms in total. The maximum Gasteiger partial charge on any atom is 0.230 e. The minimum absolute atomic E-state index is 0.0918. The Hall–Kier alpha value is -2.21. The summed E-state index contributed by atoms with van der Waals surface area (Å²) in [5, 5.41) is 5.46. The van der Waals surface area contributed by atoms with Crippen LogP contribution < -0.4 is 10.2 Å². The maximum absolute atomic E-state index is 12.2. The van der Waals surface area contributed by atoms with E-state index in [-0.39, 0.29) is 18.2 Å². The van der Waals surface area contributed by atoms with Crippen molar-refractivity contribution >= 4 is 34.0 Å². The molecular formula is C19H23N3O2S. The maximum atomic E-state index is 12.2. The normalized spacial score (nSPS) is 14.1. The van der Waals surface area contributed by atoms with Gasteiger partial charge in [0.25, 0.3) is 0 Å². The number of anilines is 2. The molecule has 1 saturated heterocycles. The number of nitrogens with zero attached hydrogens (tertiary/aromatic N) is 2. The Bertz CT molecular complexity index is 739. The van der Waals surface area contributed by atoms with Gasteiger partial charge in [0.1, 0.15) is 0 Å². The van der Waals surface area contributed by atoms with E-state index in [0.29, 0.717) is 17.2 Å². The molecule has 0 aliphatic carbocycles. The van der Waals surface area contributed by atoms with E-state index < -0.39 is 0 Å². The third-order valence-corrected chi connectivity index (χ3v) is 5.15. The van der Waals surface area contributed by atoms with E-state index in [9.17, 15) is 9.59 Å². The fourth-order valence-electron chi connectivity index (χ4n) is 2.86. The van der Waals surface area contributed by atoms with Gasteiger partial charge in [-0.2, -0.15) is 0 Å². The standard InChI is InChI=1S/C19H23N3O2S/c1-2-3-5-14-7-9-15(10-8-14)20-17(23)12-16-13-25-19(21-16)22-11-4-6-18(22)24/h7-10,13H,2-6,11-12H2,1H3,(H,20,23). The van der Waals surface area contributed by atoms with Crippen molar-refractivity contribution < 1.29 is 9.59 Å². The van der Waals surface area contributed by atoms with Crippen LogP contribution in [0.2, 0.25) is 0 Å². The molecule has 0 unspecified atom stereocenters. The Kier molecular flexibility index (Phi) is 5.81. The molecule has 2 heterocycles. The summed E-state index contributed by atoms with van der Waals surface area (Å²) in [5.74, 6) is 0.0272. The molecule has 1 N–H and O–H groups in total. The first-order valence-corrected chi connectivity index (χ1v) is 9.67. The van der Waals surface area contributed by atoms with E-state index >= 15 is 0 Å². The van der Waals surface area contributed by atoms with Crippen molar-refractivity contribution in [3.8, 4) is 0 Å². The quantitative estimate of drug-likeness (QED) is 0.820. The Balaban J connectivity index is 1.54. The van der Waals surface area contributed by atoms with E-state index in [1.165, 1.54) is 29.7 Å². The van der Waals surface area contributed by atoms with Crippen LogP contribution in [-0.4, -0.2) is 23.3 Å². The molecule has 1 aliphatic heterocycles. The van der Waals surface area contributed by atoms with Crippen LogP contribution in [0, 0.1) is 0 Å². The fraction of sp³-hybridized carbons (Fsp3) is 0.421. The summed E-state index contributed by atoms with van der Waals surface area (Å²) in [6.07, 6.45) is 5.11. The zero-order chi connectivity index (χ0) is 17.6. The van der Waals surface area contributed by atoms with Gasteiger partial charge in [-0.3, -0.25) is 14.5 Å². The predicted octanol–water partition coefficient (Wildman–Crippen LogP) is 3.79. The van der Waals surface area contributed by atoms with Crippen molar-refractivity contribution in [2.45, 2.75) is 45.4 Å². The Morgan fingerprint density at radius 3 is 2.80 bits per heavy atom. The molecule has 0 spiro atoms. The largest absolute Gasteiger partial charge is 0.326 e. The number of hydrogen-bond donors (Lipinski definition) is 1. The summed E-state index contributed by atoms with van der Waals surface area (Å²) in [4.78, 5) is 30.1. The first-order valence-electron chi connectivity index (χ1n) is 8.79. The number of aryl methyl sites for hydroxylation is 1. The van der Waals surface area contributed by atoms with Gasteiger partial charge >= 0.3 is 0 Å². The van der Waals surface area contributed by atoms with Crippen molar-refractivity contribution in [3.05, 3.63) is 40.9 Å². The molecular weight excluding hydrogens is 334 g/mol. The lowest BCUT2D eigenvalue weighted by Crippen LogP contribution is -2.23. The molecule has 1 aromatic carbocycles. The van der Waals surface area contributed by atoms with Gasteiger partial charge in [-0.05, 0) is 37.0 Å². The number of amides is 2. The van der Waals surface area contributed by atoms with E-state index in [0.717, 1.165) is 25.1 Å². The van der Waals surface area contributed by atoms with Gasteiger partial charge in [0, 0.05) is 24.0 Å². The third kappa shape index (κ3) is 4.66. The number of unbranched alkanes of at least 4 members (excludes halogenated alkanes) is 1. The highest BCUT2D eigenvalue weighted by Crippen LogP contribution is 2.25. The highest BCUT2D eigenvalue weighted by molar-refractivity contribution is 7.14. The number of thiazole rings is 1. The van der Waals surface area contributed by atoms with Crippen molar-refractivity contribution in [1.82, 2.24) is 4.98 Å². The molecule has 0 bridgehead atoms. The first kappa shape index (κ1) is 17.6. The summed E-state index contributed by atoms with van der Waals surface area (Å²) >= 11 is 1.42. The monoisotopic (exact) mass is 357 g/mol. The number of aromatic nitrogens is 1. The molecule has 0 saturated carbocycles. The molecule has 0 atom stereocenters. The van der Waals surface area contributed by atoms with Crippen molar-refractivity contribution in [3.63, 3.8) is 0 Å². The Morgan fingerprint density at radius 2 is 2.12 bits per heavy atom. The molecule has 0 radical (unpaired) electrons. The van der Waals surface area contributed by atoms with E-state index in [1.54, 1.807) is 4.90 Å². The number of carbonyl (C=O) groups excluding carboxylic acids is 2. The van der Waals surface area contributed by atoms with Gasteiger partial charge in [-0.15, -0.1) is 11.3 Å². The van der Waals surface area contributed by atoms with Gasteiger partial charge in [-0.25, -0.2) is 4.98 Å². The zero-order valence-corrected chi connectivity index (χ0v) is 15.3. The SMILES string of the molecule is CCCCc1ccc(NC(=O)Cc2csc(N3CCCC3=O)n2)cc1. The molecule has 1 fully saturated rings. The van der Waals surface area contributed by atoms with E-state index in [1.807, 2.05) is 17.5 Å². The van der Waals surface area contributed by atoms with E-state index in [2.05, 4.69) is 29.4 Å². The second-order valence-electron chi connectivity index (χ2n) is 6.30. The van der Waals surface area contributed by atoms with Crippen molar-refractivity contribution in [2.75, 3.05) is 16.8 Å². The second-order valence-corrected chi connectivity index (χ2v) is 7.13. The highest BCUT2D eigenvalue weighted by Gasteiger charge is 2.24. The molecule has 6 heteroatoms. The fourth-order valence-corrected chi connectivity index (χ4v) is 3.72. The van der Waals surface area contributed by atoms with Crippen LogP contribution in [0.5, 0.6) is 0 Å². The first-order chi connectivity index (χ1) is 12.2. The van der Waals surface area contributed by atoms with Crippen LogP contribution >= 0.6 is 11.3 Å². The van der Waals surface area contributed by atoms with Crippen molar-refractivity contribution in [2.24, 2.45) is 0 Å². The number of rotatable bonds is 7. The minimum atomic E-state index is -0.0918. The number of carbonyl (C=O) groups is 2. The second kappa shape index (κ2) is 8.25. The van der Waals surface area contributed by atoms with Gasteiger partial charge in [0.05, 0.1) is 12.1 Å². The van der Waals surface area contributed by atoms with Crippen LogP contribution in [0.25, 0.3) is 0 Å². The molecule has 25 heavy (non-hydrogen) atoms. The van der Waals surface area contributed by atoms with Crippen LogP contribution in [0.4, 0.5) is 10.8 Å². The lowest BCUT2D eigenvalue weighted by atomic mass is 10.1. The van der Waals surface area contributed by atoms with E-state index in [4.69, 9.17) is 0 Å². The Morgan fingerprint density at radius 1 is 1.32 bits per heavy atom. The summed E-state index contributed by atoms with van der Waals surface area (Å²) in [6.45, 7) is 2.90. The van der Waals surface area contributed by atoms with Gasteiger partial charge < -0.3 is 5.32 Å². The van der Waals surface area contributed by atoms with Crippen LogP contribution in [-0.2, 0) is 22.4 Å². The molecule has 132 valence electrons. The molecule has 1 aromatic heterocycles. The highest BCUT2D eigenvalue weighted by atomic mass is 32.1. The topological polar surface area (TPSA) is 62.3 Å². The summed E-state index contributed by atoms with van der Waals surface area (Å²) in [5.41, 5.74) is 2.80. The lowest BCUT2D eigenvalue weighted by molar-refractivity contribution is -0.117. The minimum Gasteiger partial charge on any atom is -0.326 e. The number of hydrogen-bond acceptors (Lipinski definition) is 4. The number of nitrogens with one attached hydrogen (secondary N) is 1. The molecule has 2 aromatic rings. The molecule has 3 rings (SSSR count). The van der Waals surface area contributed by atoms with Gasteiger partial charge in [0.2, 0.25) is 11.8 Å². The molecule has 2 amide bonds. The smallest absolute Gasteiger partial charge is 0.230 e. The number of benzene rings is 1. The molecule has 1 aliphatic rings. The average molecular weight is 357 g/mol. The average Bonchev–Trinajstić information content (AvgIpc) is 3.22. The predicted molar refractivity (Wildman–Crippen MR) is 101 cm³/mol. The lowest BCUT2D eigenvalue weighted by Gasteiger charge is -2.10. The third-order valence-electron chi connectivity index (χ3n) is 4.24. The van der Waals surface area contributed by atoms with Crippen LogP contribution in [0.3, 0.4) is 0 Å². The summed E-state index contributed by atoms with van der Waals surface area (Å²) in [6, 6.07) is 8.01. The van der Waals surface area contributed by atoms with Crippen LogP contribution in [0.1, 0.15) is 43.9 Å². The summed E-state index contributed by atoms with van der Waals surface area (Å²) in [7, 11) is 0. The van der Waals surface area contributed by atoms with Gasteiger partial charge in [-0.1, -0.05) is 25.5 Å². The zero-order valence-electron chi connectivity index (χ0n) is 14.5. The Labute approximate surface area is 152 Å². The van der Waals surface area contributed by atoms with Crippen LogP contribution in [0.15, 0.2) is 29.6 Å². The van der Waals surface area contributed by atoms with Gasteiger partial charge in [0.15, 0.2) is 5.13 Å².